The third-order valence-corrected chi connectivity index (χ3v) is 2.40. The Hall–Kier alpha value is -0.480. The quantitative estimate of drug-likeness (QED) is 0.443. The highest BCUT2D eigenvalue weighted by Gasteiger charge is 2.17. The van der Waals surface area contributed by atoms with Crippen molar-refractivity contribution in [2.75, 3.05) is 0 Å². The molecular weight excluding hydrogens is 184 g/mol. The summed E-state index contributed by atoms with van der Waals surface area (Å²) in [7, 11) is 0. The number of hydrogen-bond donors (Lipinski definition) is 3. The van der Waals surface area contributed by atoms with Crippen LogP contribution in [-0.2, 0) is 0 Å². The van der Waals surface area contributed by atoms with Crippen LogP contribution in [0, 0.1) is 0 Å². The van der Waals surface area contributed by atoms with Gasteiger partial charge < -0.3 is 11.1 Å². The van der Waals surface area contributed by atoms with Crippen LogP contribution in [0.3, 0.4) is 0 Å². The highest BCUT2D eigenvalue weighted by molar-refractivity contribution is 7.96. The van der Waals surface area contributed by atoms with E-state index in [1.54, 1.807) is 0 Å². The second-order valence-corrected chi connectivity index (χ2v) is 3.75. The number of rotatable bonds is 1. The molecule has 0 bridgehead atoms. The molecule has 1 aliphatic rings. The number of allylic oxidation sites excluding steroid dienone is 1. The summed E-state index contributed by atoms with van der Waals surface area (Å²) < 4.78 is 0. The molecule has 0 aromatic heterocycles. The van der Waals surface area contributed by atoms with E-state index in [9.17, 15) is 4.79 Å². The lowest BCUT2D eigenvalue weighted by Gasteiger charge is -2.23. The first-order chi connectivity index (χ1) is 6.20. The van der Waals surface area contributed by atoms with Gasteiger partial charge in [-0.2, -0.15) is 0 Å². The van der Waals surface area contributed by atoms with Gasteiger partial charge >= 0.3 is 0 Å². The summed E-state index contributed by atoms with van der Waals surface area (Å²) in [6.45, 7) is 0. The number of hydrogen-bond acceptors (Lipinski definition) is 2. The molecule has 0 unspecified atom stereocenters. The second-order valence-electron chi connectivity index (χ2n) is 3.35. The van der Waals surface area contributed by atoms with E-state index < -0.39 is 0 Å². The molecule has 0 heterocycles. The largest absolute Gasteiger partial charge is 0.343 e. The first-order valence-corrected chi connectivity index (χ1v) is 5.06. The van der Waals surface area contributed by atoms with Gasteiger partial charge in [-0.3, -0.25) is 4.79 Å². The Morgan fingerprint density at radius 1 is 1.54 bits per heavy atom. The van der Waals surface area contributed by atoms with Gasteiger partial charge in [-0.15, -0.1) is 0 Å². The molecule has 1 amide bonds. The maximum atomic E-state index is 10.7. The van der Waals surface area contributed by atoms with Gasteiger partial charge in [0.05, 0.1) is 0 Å². The zero-order chi connectivity index (χ0) is 9.68. The first kappa shape index (κ1) is 10.6. The molecule has 3 N–H and O–H groups in total. The lowest BCUT2D eigenvalue weighted by atomic mass is 9.98. The number of nitrogens with one attached hydrogen (secondary N) is 1. The number of carbonyl (C=O) groups excluding carboxylic acids is 1. The Morgan fingerprint density at radius 3 is 3.00 bits per heavy atom. The van der Waals surface area contributed by atoms with Crippen LogP contribution in [0.15, 0.2) is 12.2 Å². The van der Waals surface area contributed by atoms with Gasteiger partial charge in [0.1, 0.15) is 0 Å². The van der Waals surface area contributed by atoms with Crippen LogP contribution in [0.4, 0.5) is 4.79 Å². The van der Waals surface area contributed by atoms with Gasteiger partial charge in [-0.1, -0.05) is 31.2 Å². The van der Waals surface area contributed by atoms with Gasteiger partial charge in [0.15, 0.2) is 0 Å². The van der Waals surface area contributed by atoms with Crippen molar-refractivity contribution < 1.29 is 4.79 Å². The van der Waals surface area contributed by atoms with Gasteiger partial charge in [0, 0.05) is 12.1 Å². The van der Waals surface area contributed by atoms with Crippen molar-refractivity contribution in [2.24, 2.45) is 5.73 Å². The molecule has 0 fully saturated rings. The molecule has 1 rings (SSSR count). The smallest absolute Gasteiger partial charge is 0.276 e. The molecule has 0 aliphatic heterocycles. The molecule has 13 heavy (non-hydrogen) atoms. The Morgan fingerprint density at radius 2 is 2.31 bits per heavy atom. The van der Waals surface area contributed by atoms with E-state index >= 15 is 0 Å². The maximum absolute atomic E-state index is 10.7. The summed E-state index contributed by atoms with van der Waals surface area (Å²) in [5.41, 5.74) is 5.86. The highest BCUT2D eigenvalue weighted by atomic mass is 32.1. The van der Waals surface area contributed by atoms with Gasteiger partial charge in [0.2, 0.25) is 0 Å². The molecular formula is C9H16N2OS. The van der Waals surface area contributed by atoms with E-state index in [0.717, 1.165) is 19.3 Å². The highest BCUT2D eigenvalue weighted by Crippen LogP contribution is 2.11. The summed E-state index contributed by atoms with van der Waals surface area (Å²) in [5, 5.41) is 2.45. The van der Waals surface area contributed by atoms with Crippen LogP contribution in [0.25, 0.3) is 0 Å². The molecule has 0 saturated heterocycles. The fourth-order valence-electron chi connectivity index (χ4n) is 1.53. The van der Waals surface area contributed by atoms with E-state index in [2.05, 4.69) is 24.0 Å². The molecule has 0 radical (unpaired) electrons. The number of carbonyl (C=O) groups is 1. The summed E-state index contributed by atoms with van der Waals surface area (Å²) in [6, 6.07) is -0.0297. The predicted molar refractivity (Wildman–Crippen MR) is 56.9 cm³/mol. The number of amides is 1. The average Bonchev–Trinajstić information content (AvgIpc) is 2.04. The minimum absolute atomic E-state index is 0.0431. The van der Waals surface area contributed by atoms with Crippen LogP contribution in [0.2, 0.25) is 0 Å². The zero-order valence-corrected chi connectivity index (χ0v) is 8.47. The number of nitrogens with two attached hydrogens (primary N) is 1. The molecule has 3 nitrogen and oxygen atoms in total. The van der Waals surface area contributed by atoms with Crippen LogP contribution >= 0.6 is 12.6 Å². The summed E-state index contributed by atoms with van der Waals surface area (Å²) in [6.07, 6.45) is 8.36. The fourth-order valence-corrected chi connectivity index (χ4v) is 1.70. The van der Waals surface area contributed by atoms with Crippen LogP contribution < -0.4 is 11.1 Å². The molecule has 0 saturated carbocycles. The predicted octanol–water partition coefficient (Wildman–Crippen LogP) is 1.45. The van der Waals surface area contributed by atoms with Crippen LogP contribution in [0.5, 0.6) is 0 Å². The minimum atomic E-state index is -0.297. The van der Waals surface area contributed by atoms with Crippen LogP contribution in [0.1, 0.15) is 25.7 Å². The Balaban J connectivity index is 2.52. The van der Waals surface area contributed by atoms with Crippen molar-refractivity contribution in [1.29, 1.82) is 0 Å². The average molecular weight is 200 g/mol. The Bertz CT molecular complexity index is 206. The summed E-state index contributed by atoms with van der Waals surface area (Å²) >= 11 is 3.68. The van der Waals surface area contributed by atoms with E-state index in [-0.39, 0.29) is 17.3 Å². The lowest BCUT2D eigenvalue weighted by molar-refractivity contribution is 0.255. The molecule has 0 spiro atoms. The van der Waals surface area contributed by atoms with E-state index in [4.69, 9.17) is 5.73 Å². The first-order valence-electron chi connectivity index (χ1n) is 4.62. The molecule has 0 aromatic rings. The SMILES string of the molecule is N[C@H]1/C=C/CCCC[C@H]1NC(=O)S. The monoisotopic (exact) mass is 200 g/mol. The number of thiol groups is 1. The summed E-state index contributed by atoms with van der Waals surface area (Å²) in [5.74, 6) is 0. The van der Waals surface area contributed by atoms with Crippen molar-refractivity contribution >= 4 is 17.9 Å². The second kappa shape index (κ2) is 5.29. The third-order valence-electron chi connectivity index (χ3n) is 2.27. The molecule has 2 atom stereocenters. The van der Waals surface area contributed by atoms with E-state index in [0.29, 0.717) is 0 Å². The van der Waals surface area contributed by atoms with Gasteiger partial charge in [-0.25, -0.2) is 0 Å². The zero-order valence-electron chi connectivity index (χ0n) is 7.57. The normalized spacial score (nSPS) is 31.5. The van der Waals surface area contributed by atoms with Crippen molar-refractivity contribution in [3.8, 4) is 0 Å². The topological polar surface area (TPSA) is 55.1 Å². The van der Waals surface area contributed by atoms with Crippen molar-refractivity contribution in [3.05, 3.63) is 12.2 Å². The maximum Gasteiger partial charge on any atom is 0.276 e. The van der Waals surface area contributed by atoms with Crippen LogP contribution in [-0.4, -0.2) is 17.3 Å². The van der Waals surface area contributed by atoms with Crippen molar-refractivity contribution in [2.45, 2.75) is 37.8 Å². The standard InChI is InChI=1S/C9H16N2OS/c10-7-5-3-1-2-4-6-8(7)11-9(12)13/h3,5,7-8H,1-2,4,6,10H2,(H2,11,12,13)/b5-3+/t7-,8+/m0/s1. The van der Waals surface area contributed by atoms with Gasteiger partial charge in [0.25, 0.3) is 5.24 Å². The fraction of sp³-hybridized carbons (Fsp3) is 0.667. The molecule has 74 valence electrons. The van der Waals surface area contributed by atoms with E-state index in [1.165, 1.54) is 6.42 Å². The van der Waals surface area contributed by atoms with Crippen molar-refractivity contribution in [1.82, 2.24) is 5.32 Å². The van der Waals surface area contributed by atoms with E-state index in [1.807, 2.05) is 6.08 Å². The van der Waals surface area contributed by atoms with Gasteiger partial charge in [-0.05, 0) is 19.3 Å². The molecule has 1 aliphatic carbocycles. The molecule has 4 heteroatoms. The van der Waals surface area contributed by atoms with Crippen molar-refractivity contribution in [3.63, 3.8) is 0 Å². The lowest BCUT2D eigenvalue weighted by Crippen LogP contribution is -2.45. The Kier molecular flexibility index (Phi) is 4.32. The third kappa shape index (κ3) is 3.83. The Labute approximate surface area is 84.2 Å². The molecule has 0 aromatic carbocycles. The minimum Gasteiger partial charge on any atom is -0.343 e. The summed E-state index contributed by atoms with van der Waals surface area (Å²) in [4.78, 5) is 10.7.